The van der Waals surface area contributed by atoms with Crippen molar-refractivity contribution in [2.24, 2.45) is 0 Å². The van der Waals surface area contributed by atoms with Crippen LogP contribution in [0.5, 0.6) is 5.75 Å². The summed E-state index contributed by atoms with van der Waals surface area (Å²) in [5, 5.41) is 8.98. The van der Waals surface area contributed by atoms with Gasteiger partial charge in [0.25, 0.3) is 0 Å². The minimum Gasteiger partial charge on any atom is -0.488 e. The molecule has 0 aliphatic heterocycles. The van der Waals surface area contributed by atoms with Gasteiger partial charge in [0.2, 0.25) is 0 Å². The number of hydrogen-bond donors (Lipinski definition) is 1. The Labute approximate surface area is 90.9 Å². The van der Waals surface area contributed by atoms with Crippen LogP contribution in [0.3, 0.4) is 0 Å². The van der Waals surface area contributed by atoms with Gasteiger partial charge in [0.1, 0.15) is 11.9 Å². The smallest absolute Gasteiger partial charge is 0.123 e. The summed E-state index contributed by atoms with van der Waals surface area (Å²) in [5.41, 5.74) is 2.77. The van der Waals surface area contributed by atoms with Gasteiger partial charge in [-0.05, 0) is 49.8 Å². The van der Waals surface area contributed by atoms with Crippen molar-refractivity contribution in [1.29, 1.82) is 0 Å². The number of ether oxygens (including phenoxy) is 1. The van der Waals surface area contributed by atoms with Gasteiger partial charge in [-0.25, -0.2) is 0 Å². The first-order valence-electron chi connectivity index (χ1n) is 5.69. The van der Waals surface area contributed by atoms with Crippen molar-refractivity contribution in [2.75, 3.05) is 6.61 Å². The zero-order valence-electron chi connectivity index (χ0n) is 9.20. The average molecular weight is 206 g/mol. The Hall–Kier alpha value is -1.02. The molecule has 82 valence electrons. The van der Waals surface area contributed by atoms with Crippen molar-refractivity contribution in [2.45, 2.75) is 38.7 Å². The molecule has 0 aromatic heterocycles. The number of fused-ring (bicyclic) bond motifs is 1. The van der Waals surface area contributed by atoms with Crippen LogP contribution in [-0.2, 0) is 12.8 Å². The lowest BCUT2D eigenvalue weighted by atomic mass is 9.91. The van der Waals surface area contributed by atoms with Gasteiger partial charge in [0.05, 0.1) is 6.61 Å². The minimum atomic E-state index is -0.113. The van der Waals surface area contributed by atoms with Crippen molar-refractivity contribution in [3.63, 3.8) is 0 Å². The topological polar surface area (TPSA) is 29.5 Å². The second-order valence-corrected chi connectivity index (χ2v) is 4.21. The third-order valence-corrected chi connectivity index (χ3v) is 2.94. The van der Waals surface area contributed by atoms with Crippen molar-refractivity contribution >= 4 is 0 Å². The standard InChI is InChI=1S/C13H18O2/c1-10(9-14)15-13-8-4-6-11-5-2-3-7-12(11)13/h4,6,8,10,14H,2-3,5,7,9H2,1H3. The predicted molar refractivity (Wildman–Crippen MR) is 60.3 cm³/mol. The van der Waals surface area contributed by atoms with Crippen LogP contribution < -0.4 is 4.74 Å². The van der Waals surface area contributed by atoms with Crippen LogP contribution >= 0.6 is 0 Å². The first-order chi connectivity index (χ1) is 7.31. The Bertz CT molecular complexity index is 333. The first kappa shape index (κ1) is 10.5. The van der Waals surface area contributed by atoms with E-state index < -0.39 is 0 Å². The lowest BCUT2D eigenvalue weighted by Gasteiger charge is -2.21. The number of aliphatic hydroxyl groups excluding tert-OH is 1. The van der Waals surface area contributed by atoms with E-state index in [2.05, 4.69) is 6.07 Å². The first-order valence-corrected chi connectivity index (χ1v) is 5.69. The van der Waals surface area contributed by atoms with E-state index in [9.17, 15) is 0 Å². The van der Waals surface area contributed by atoms with E-state index in [-0.39, 0.29) is 12.7 Å². The Morgan fingerprint density at radius 1 is 1.33 bits per heavy atom. The normalized spacial score (nSPS) is 16.9. The molecular formula is C13H18O2. The van der Waals surface area contributed by atoms with Crippen LogP contribution in [0.25, 0.3) is 0 Å². The van der Waals surface area contributed by atoms with Crippen LogP contribution in [0.1, 0.15) is 30.9 Å². The highest BCUT2D eigenvalue weighted by Crippen LogP contribution is 2.29. The highest BCUT2D eigenvalue weighted by atomic mass is 16.5. The Balaban J connectivity index is 2.23. The summed E-state index contributed by atoms with van der Waals surface area (Å²) in [6.07, 6.45) is 4.70. The SMILES string of the molecule is CC(CO)Oc1cccc2c1CCCC2. The van der Waals surface area contributed by atoms with E-state index in [0.29, 0.717) is 0 Å². The second-order valence-electron chi connectivity index (χ2n) is 4.21. The molecule has 1 aromatic rings. The van der Waals surface area contributed by atoms with Gasteiger partial charge in [0.15, 0.2) is 0 Å². The maximum atomic E-state index is 8.98. The molecule has 0 heterocycles. The number of aliphatic hydroxyl groups is 1. The van der Waals surface area contributed by atoms with Gasteiger partial charge in [-0.1, -0.05) is 12.1 Å². The molecule has 1 aliphatic rings. The summed E-state index contributed by atoms with van der Waals surface area (Å²) in [7, 11) is 0. The molecule has 0 saturated carbocycles. The highest BCUT2D eigenvalue weighted by Gasteiger charge is 2.14. The summed E-state index contributed by atoms with van der Waals surface area (Å²) in [4.78, 5) is 0. The fraction of sp³-hybridized carbons (Fsp3) is 0.538. The molecule has 1 unspecified atom stereocenters. The number of rotatable bonds is 3. The molecule has 0 fully saturated rings. The van der Waals surface area contributed by atoms with Gasteiger partial charge in [0, 0.05) is 0 Å². The number of hydrogen-bond acceptors (Lipinski definition) is 2. The largest absolute Gasteiger partial charge is 0.488 e. The van der Waals surface area contributed by atoms with Gasteiger partial charge in [-0.15, -0.1) is 0 Å². The molecule has 1 aliphatic carbocycles. The molecule has 0 spiro atoms. The third-order valence-electron chi connectivity index (χ3n) is 2.94. The van der Waals surface area contributed by atoms with Crippen LogP contribution in [0.4, 0.5) is 0 Å². The molecule has 15 heavy (non-hydrogen) atoms. The molecule has 0 amide bonds. The van der Waals surface area contributed by atoms with E-state index in [1.54, 1.807) is 0 Å². The van der Waals surface area contributed by atoms with Gasteiger partial charge >= 0.3 is 0 Å². The lowest BCUT2D eigenvalue weighted by molar-refractivity contribution is 0.128. The summed E-state index contributed by atoms with van der Waals surface area (Å²) in [5.74, 6) is 0.966. The van der Waals surface area contributed by atoms with E-state index in [1.165, 1.54) is 30.4 Å². The maximum Gasteiger partial charge on any atom is 0.123 e. The summed E-state index contributed by atoms with van der Waals surface area (Å²) in [6, 6.07) is 6.24. The fourth-order valence-electron chi connectivity index (χ4n) is 2.11. The molecule has 2 heteroatoms. The molecule has 2 rings (SSSR count). The number of aryl methyl sites for hydroxylation is 1. The lowest BCUT2D eigenvalue weighted by Crippen LogP contribution is -2.18. The molecule has 2 nitrogen and oxygen atoms in total. The molecule has 1 aromatic carbocycles. The van der Waals surface area contributed by atoms with Crippen LogP contribution in [-0.4, -0.2) is 17.8 Å². The van der Waals surface area contributed by atoms with Crippen molar-refractivity contribution < 1.29 is 9.84 Å². The third kappa shape index (κ3) is 2.32. The second kappa shape index (κ2) is 4.67. The summed E-state index contributed by atoms with van der Waals surface area (Å²) >= 11 is 0. The van der Waals surface area contributed by atoms with Crippen molar-refractivity contribution in [3.05, 3.63) is 29.3 Å². The molecular weight excluding hydrogens is 188 g/mol. The highest BCUT2D eigenvalue weighted by molar-refractivity contribution is 5.41. The number of benzene rings is 1. The summed E-state index contributed by atoms with van der Waals surface area (Å²) in [6.45, 7) is 1.96. The molecule has 0 radical (unpaired) electrons. The molecule has 1 atom stereocenters. The zero-order chi connectivity index (χ0) is 10.7. The molecule has 0 bridgehead atoms. The van der Waals surface area contributed by atoms with Crippen LogP contribution in [0.15, 0.2) is 18.2 Å². The quantitative estimate of drug-likeness (QED) is 0.822. The molecule has 1 N–H and O–H groups in total. The zero-order valence-corrected chi connectivity index (χ0v) is 9.20. The van der Waals surface area contributed by atoms with Gasteiger partial charge in [-0.3, -0.25) is 0 Å². The van der Waals surface area contributed by atoms with E-state index >= 15 is 0 Å². The van der Waals surface area contributed by atoms with E-state index in [0.717, 1.165) is 12.2 Å². The Morgan fingerprint density at radius 2 is 2.13 bits per heavy atom. The van der Waals surface area contributed by atoms with E-state index in [1.807, 2.05) is 19.1 Å². The molecule has 0 saturated heterocycles. The van der Waals surface area contributed by atoms with Crippen molar-refractivity contribution in [1.82, 2.24) is 0 Å². The van der Waals surface area contributed by atoms with Crippen LogP contribution in [0, 0.1) is 0 Å². The predicted octanol–water partition coefficient (Wildman–Crippen LogP) is 2.33. The fourth-order valence-corrected chi connectivity index (χ4v) is 2.11. The Morgan fingerprint density at radius 3 is 2.93 bits per heavy atom. The van der Waals surface area contributed by atoms with Crippen molar-refractivity contribution in [3.8, 4) is 5.75 Å². The Kier molecular flexibility index (Phi) is 3.27. The van der Waals surface area contributed by atoms with Gasteiger partial charge < -0.3 is 9.84 Å². The maximum absolute atomic E-state index is 8.98. The average Bonchev–Trinajstić information content (AvgIpc) is 2.29. The van der Waals surface area contributed by atoms with Crippen LogP contribution in [0.2, 0.25) is 0 Å². The van der Waals surface area contributed by atoms with E-state index in [4.69, 9.17) is 9.84 Å². The summed E-state index contributed by atoms with van der Waals surface area (Å²) < 4.78 is 5.71. The van der Waals surface area contributed by atoms with Gasteiger partial charge in [-0.2, -0.15) is 0 Å². The monoisotopic (exact) mass is 206 g/mol. The minimum absolute atomic E-state index is 0.0731.